The fourth-order valence-electron chi connectivity index (χ4n) is 3.24. The summed E-state index contributed by atoms with van der Waals surface area (Å²) in [6, 6.07) is 10.3. The number of carbonyl (C=O) groups excluding carboxylic acids is 2. The van der Waals surface area contributed by atoms with E-state index in [4.69, 9.17) is 23.2 Å². The fourth-order valence-corrected chi connectivity index (χ4v) is 3.68. The lowest BCUT2D eigenvalue weighted by Gasteiger charge is -2.37. The van der Waals surface area contributed by atoms with E-state index in [0.29, 0.717) is 42.5 Å². The Hall–Kier alpha value is -2.68. The second-order valence-corrected chi connectivity index (χ2v) is 7.71. The first-order valence-corrected chi connectivity index (χ1v) is 10.1. The molecule has 3 rings (SSSR count). The number of rotatable bonds is 5. The monoisotopic (exact) mass is 450 g/mol. The number of carbonyl (C=O) groups is 2. The molecule has 2 aromatic carbocycles. The first kappa shape index (κ1) is 22.0. The van der Waals surface area contributed by atoms with Gasteiger partial charge in [0.05, 0.1) is 32.3 Å². The molecule has 1 atom stereocenters. The van der Waals surface area contributed by atoms with Crippen LogP contribution in [0.1, 0.15) is 17.3 Å². The minimum absolute atomic E-state index is 0.0971. The zero-order valence-corrected chi connectivity index (χ0v) is 17.7. The Morgan fingerprint density at radius 2 is 1.73 bits per heavy atom. The first-order chi connectivity index (χ1) is 14.3. The van der Waals surface area contributed by atoms with Crippen LogP contribution in [0.4, 0.5) is 11.4 Å². The van der Waals surface area contributed by atoms with Crippen LogP contribution in [0.25, 0.3) is 0 Å². The summed E-state index contributed by atoms with van der Waals surface area (Å²) in [5.74, 6) is -0.411. The highest BCUT2D eigenvalue weighted by Crippen LogP contribution is 2.27. The van der Waals surface area contributed by atoms with Gasteiger partial charge in [-0.3, -0.25) is 24.6 Å². The van der Waals surface area contributed by atoms with Crippen LogP contribution < -0.4 is 5.32 Å². The van der Waals surface area contributed by atoms with Gasteiger partial charge in [0, 0.05) is 38.3 Å². The van der Waals surface area contributed by atoms with Crippen molar-refractivity contribution >= 4 is 46.4 Å². The highest BCUT2D eigenvalue weighted by atomic mass is 35.5. The largest absolute Gasteiger partial charge is 0.336 e. The highest BCUT2D eigenvalue weighted by Gasteiger charge is 2.29. The number of halogens is 2. The summed E-state index contributed by atoms with van der Waals surface area (Å²) in [5, 5.41) is 14.0. The van der Waals surface area contributed by atoms with Crippen LogP contribution in [0.15, 0.2) is 42.5 Å². The molecule has 30 heavy (non-hydrogen) atoms. The molecule has 1 N–H and O–H groups in total. The summed E-state index contributed by atoms with van der Waals surface area (Å²) < 4.78 is 0. The Kier molecular flexibility index (Phi) is 6.91. The molecule has 0 spiro atoms. The van der Waals surface area contributed by atoms with Gasteiger partial charge in [0.1, 0.15) is 0 Å². The van der Waals surface area contributed by atoms with Crippen LogP contribution >= 0.6 is 23.2 Å². The number of nitrogens with zero attached hydrogens (tertiary/aromatic N) is 3. The van der Waals surface area contributed by atoms with E-state index in [1.54, 1.807) is 36.1 Å². The van der Waals surface area contributed by atoms with E-state index in [-0.39, 0.29) is 22.5 Å². The number of anilines is 1. The Balaban J connectivity index is 1.58. The summed E-state index contributed by atoms with van der Waals surface area (Å²) in [7, 11) is 0. The normalized spacial score (nSPS) is 15.5. The molecule has 0 aliphatic carbocycles. The number of nitro benzene ring substituents is 1. The second-order valence-electron chi connectivity index (χ2n) is 6.89. The topological polar surface area (TPSA) is 95.8 Å². The van der Waals surface area contributed by atoms with Crippen LogP contribution in [0.5, 0.6) is 0 Å². The lowest BCUT2D eigenvalue weighted by atomic mass is 10.1. The average Bonchev–Trinajstić information content (AvgIpc) is 2.74. The zero-order chi connectivity index (χ0) is 21.8. The Morgan fingerprint density at radius 3 is 2.33 bits per heavy atom. The van der Waals surface area contributed by atoms with Crippen molar-refractivity contribution in [1.29, 1.82) is 0 Å². The van der Waals surface area contributed by atoms with Crippen LogP contribution in [0, 0.1) is 10.1 Å². The molecule has 0 saturated carbocycles. The number of hydrogen-bond donors (Lipinski definition) is 1. The van der Waals surface area contributed by atoms with Crippen molar-refractivity contribution in [3.63, 3.8) is 0 Å². The van der Waals surface area contributed by atoms with Crippen molar-refractivity contribution in [3.8, 4) is 0 Å². The van der Waals surface area contributed by atoms with Gasteiger partial charge in [-0.25, -0.2) is 0 Å². The molecular formula is C20H20Cl2N4O4. The number of non-ortho nitro benzene ring substituents is 1. The van der Waals surface area contributed by atoms with Gasteiger partial charge < -0.3 is 10.2 Å². The third-order valence-electron chi connectivity index (χ3n) is 5.05. The van der Waals surface area contributed by atoms with Gasteiger partial charge in [-0.15, -0.1) is 0 Å². The minimum Gasteiger partial charge on any atom is -0.336 e. The Morgan fingerprint density at radius 1 is 1.07 bits per heavy atom. The standard InChI is InChI=1S/C20H20Cl2N4O4/c1-13(19(27)23-18-7-6-14(26(29)30)12-17(18)22)24-8-10-25(11-9-24)20(28)15-4-2-3-5-16(15)21/h2-7,12-13H,8-11H2,1H3,(H,23,27). The summed E-state index contributed by atoms with van der Waals surface area (Å²) >= 11 is 12.2. The lowest BCUT2D eigenvalue weighted by Crippen LogP contribution is -2.54. The highest BCUT2D eigenvalue weighted by molar-refractivity contribution is 6.34. The van der Waals surface area contributed by atoms with Gasteiger partial charge in [-0.1, -0.05) is 35.3 Å². The van der Waals surface area contributed by atoms with Gasteiger partial charge in [-0.2, -0.15) is 0 Å². The number of nitro groups is 1. The molecule has 1 saturated heterocycles. The number of benzene rings is 2. The molecule has 2 aromatic rings. The van der Waals surface area contributed by atoms with Crippen LogP contribution in [-0.2, 0) is 4.79 Å². The maximum Gasteiger partial charge on any atom is 0.271 e. The molecule has 10 heteroatoms. The van der Waals surface area contributed by atoms with Crippen LogP contribution in [0.3, 0.4) is 0 Å². The fraction of sp³-hybridized carbons (Fsp3) is 0.300. The SMILES string of the molecule is CC(C(=O)Nc1ccc([N+](=O)[O-])cc1Cl)N1CCN(C(=O)c2ccccc2Cl)CC1. The summed E-state index contributed by atoms with van der Waals surface area (Å²) in [6.07, 6.45) is 0. The van der Waals surface area contributed by atoms with E-state index in [2.05, 4.69) is 5.32 Å². The van der Waals surface area contributed by atoms with Crippen molar-refractivity contribution in [2.75, 3.05) is 31.5 Å². The first-order valence-electron chi connectivity index (χ1n) is 9.30. The molecular weight excluding hydrogens is 431 g/mol. The van der Waals surface area contributed by atoms with E-state index >= 15 is 0 Å². The minimum atomic E-state index is -0.552. The molecule has 1 aliphatic heterocycles. The van der Waals surface area contributed by atoms with E-state index in [1.165, 1.54) is 18.2 Å². The maximum absolute atomic E-state index is 12.7. The van der Waals surface area contributed by atoms with Gasteiger partial charge in [0.25, 0.3) is 11.6 Å². The molecule has 0 bridgehead atoms. The van der Waals surface area contributed by atoms with Gasteiger partial charge in [0.2, 0.25) is 5.91 Å². The van der Waals surface area contributed by atoms with E-state index in [9.17, 15) is 19.7 Å². The molecule has 2 amide bonds. The molecule has 1 heterocycles. The van der Waals surface area contributed by atoms with Crippen molar-refractivity contribution in [2.24, 2.45) is 0 Å². The summed E-state index contributed by atoms with van der Waals surface area (Å²) in [4.78, 5) is 39.2. The molecule has 158 valence electrons. The van der Waals surface area contributed by atoms with Crippen LogP contribution in [-0.4, -0.2) is 58.8 Å². The Bertz CT molecular complexity index is 977. The van der Waals surface area contributed by atoms with Gasteiger partial charge in [0.15, 0.2) is 0 Å². The zero-order valence-electron chi connectivity index (χ0n) is 16.2. The number of hydrogen-bond acceptors (Lipinski definition) is 5. The van der Waals surface area contributed by atoms with Gasteiger partial charge in [-0.05, 0) is 25.1 Å². The van der Waals surface area contributed by atoms with Crippen LogP contribution in [0.2, 0.25) is 10.0 Å². The Labute approximate surface area is 183 Å². The van der Waals surface area contributed by atoms with Crippen molar-refractivity contribution in [2.45, 2.75) is 13.0 Å². The molecule has 1 fully saturated rings. The van der Waals surface area contributed by atoms with Crippen molar-refractivity contribution in [3.05, 3.63) is 68.2 Å². The smallest absolute Gasteiger partial charge is 0.271 e. The van der Waals surface area contributed by atoms with E-state index < -0.39 is 11.0 Å². The molecule has 1 unspecified atom stereocenters. The van der Waals surface area contributed by atoms with Crippen molar-refractivity contribution < 1.29 is 14.5 Å². The number of piperazine rings is 1. The lowest BCUT2D eigenvalue weighted by molar-refractivity contribution is -0.384. The predicted molar refractivity (Wildman–Crippen MR) is 115 cm³/mol. The average molecular weight is 451 g/mol. The third kappa shape index (κ3) is 4.89. The molecule has 0 aromatic heterocycles. The quantitative estimate of drug-likeness (QED) is 0.553. The number of amides is 2. The molecule has 8 nitrogen and oxygen atoms in total. The van der Waals surface area contributed by atoms with Crippen molar-refractivity contribution in [1.82, 2.24) is 9.80 Å². The molecule has 0 radical (unpaired) electrons. The summed E-state index contributed by atoms with van der Waals surface area (Å²) in [6.45, 7) is 3.76. The maximum atomic E-state index is 12.7. The third-order valence-corrected chi connectivity index (χ3v) is 5.70. The van der Waals surface area contributed by atoms with Gasteiger partial charge >= 0.3 is 0 Å². The van der Waals surface area contributed by atoms with E-state index in [0.717, 1.165) is 0 Å². The summed E-state index contributed by atoms with van der Waals surface area (Å²) in [5.41, 5.74) is 0.628. The molecule has 1 aliphatic rings. The van der Waals surface area contributed by atoms with E-state index in [1.807, 2.05) is 4.90 Å². The predicted octanol–water partition coefficient (Wildman–Crippen LogP) is 3.69. The number of nitrogens with one attached hydrogen (secondary N) is 1. The second kappa shape index (κ2) is 9.42.